The van der Waals surface area contributed by atoms with E-state index in [9.17, 15) is 10.1 Å². The summed E-state index contributed by atoms with van der Waals surface area (Å²) in [5, 5.41) is 10.9. The van der Waals surface area contributed by atoms with E-state index in [1.165, 1.54) is 17.8 Å². The smallest absolute Gasteiger partial charge is 0.282 e. The van der Waals surface area contributed by atoms with E-state index < -0.39 is 0 Å². The van der Waals surface area contributed by atoms with Crippen molar-refractivity contribution in [2.24, 2.45) is 5.84 Å². The molecule has 0 radical (unpaired) electrons. The van der Waals surface area contributed by atoms with Crippen LogP contribution in [0.1, 0.15) is 5.56 Å². The van der Waals surface area contributed by atoms with Crippen LogP contribution in [0.3, 0.4) is 0 Å². The van der Waals surface area contributed by atoms with Gasteiger partial charge in [0, 0.05) is 23.6 Å². The van der Waals surface area contributed by atoms with Gasteiger partial charge in [-0.3, -0.25) is 10.1 Å². The number of rotatable bonds is 5. The summed E-state index contributed by atoms with van der Waals surface area (Å²) in [5.41, 5.74) is 3.52. The third-order valence-electron chi connectivity index (χ3n) is 2.47. The third-order valence-corrected chi connectivity index (χ3v) is 3.58. The molecule has 0 aliphatic rings. The highest BCUT2D eigenvalue weighted by Crippen LogP contribution is 2.32. The highest BCUT2D eigenvalue weighted by molar-refractivity contribution is 7.98. The largest absolute Gasteiger partial charge is 0.308 e. The highest BCUT2D eigenvalue weighted by Gasteiger charge is 2.13. The average molecular weight is 276 g/mol. The summed E-state index contributed by atoms with van der Waals surface area (Å²) in [6.45, 7) is 0. The maximum Gasteiger partial charge on any atom is 0.282 e. The van der Waals surface area contributed by atoms with Gasteiger partial charge in [0.05, 0.1) is 9.82 Å². The van der Waals surface area contributed by atoms with Crippen LogP contribution in [0.25, 0.3) is 0 Å². The predicted octanol–water partition coefficient (Wildman–Crippen LogP) is 2.57. The standard InChI is InChI=1S/C12H12N4O2S/c13-15-12-9(4-3-7-14-12)8-19-11-6-2-1-5-10(11)16(17)18/h1-7H,8,13H2,(H,14,15). The quantitative estimate of drug-likeness (QED) is 0.377. The summed E-state index contributed by atoms with van der Waals surface area (Å²) in [5.74, 6) is 6.50. The molecule has 7 heteroatoms. The Morgan fingerprint density at radius 3 is 2.84 bits per heavy atom. The fourth-order valence-electron chi connectivity index (χ4n) is 1.57. The third kappa shape index (κ3) is 3.21. The zero-order chi connectivity index (χ0) is 13.7. The normalized spacial score (nSPS) is 10.2. The van der Waals surface area contributed by atoms with E-state index in [1.54, 1.807) is 30.5 Å². The summed E-state index contributed by atoms with van der Waals surface area (Å²) in [4.78, 5) is 15.2. The number of pyridine rings is 1. The number of nitro groups is 1. The number of nitrogens with zero attached hydrogens (tertiary/aromatic N) is 2. The van der Waals surface area contributed by atoms with Gasteiger partial charge in [-0.15, -0.1) is 11.8 Å². The molecule has 0 spiro atoms. The maximum absolute atomic E-state index is 10.9. The first kappa shape index (κ1) is 13.3. The minimum absolute atomic E-state index is 0.110. The number of hydrogen-bond acceptors (Lipinski definition) is 6. The fourth-order valence-corrected chi connectivity index (χ4v) is 2.58. The molecule has 0 atom stereocenters. The van der Waals surface area contributed by atoms with Gasteiger partial charge in [0.2, 0.25) is 0 Å². The minimum Gasteiger partial charge on any atom is -0.308 e. The SMILES string of the molecule is NNc1ncccc1CSc1ccccc1[N+](=O)[O-]. The molecule has 0 amide bonds. The molecule has 0 unspecified atom stereocenters. The second kappa shape index (κ2) is 6.17. The molecule has 2 rings (SSSR count). The monoisotopic (exact) mass is 276 g/mol. The van der Waals surface area contributed by atoms with Crippen molar-refractivity contribution in [3.63, 3.8) is 0 Å². The molecular formula is C12H12N4O2S. The lowest BCUT2D eigenvalue weighted by atomic mass is 10.3. The Balaban J connectivity index is 2.17. The van der Waals surface area contributed by atoms with Crippen LogP contribution < -0.4 is 11.3 Å². The lowest BCUT2D eigenvalue weighted by molar-refractivity contribution is -0.387. The Morgan fingerprint density at radius 1 is 1.32 bits per heavy atom. The Hall–Kier alpha value is -2.12. The van der Waals surface area contributed by atoms with Gasteiger partial charge < -0.3 is 5.43 Å². The minimum atomic E-state index is -0.381. The Morgan fingerprint density at radius 2 is 2.11 bits per heavy atom. The van der Waals surface area contributed by atoms with Gasteiger partial charge >= 0.3 is 0 Å². The highest BCUT2D eigenvalue weighted by atomic mass is 32.2. The predicted molar refractivity (Wildman–Crippen MR) is 74.7 cm³/mol. The Bertz CT molecular complexity index is 591. The van der Waals surface area contributed by atoms with Crippen molar-refractivity contribution in [2.75, 3.05) is 5.43 Å². The second-order valence-corrected chi connectivity index (χ2v) is 4.69. The van der Waals surface area contributed by atoms with Crippen LogP contribution in [0.5, 0.6) is 0 Å². The molecule has 3 N–H and O–H groups in total. The van der Waals surface area contributed by atoms with E-state index in [2.05, 4.69) is 10.4 Å². The molecular weight excluding hydrogens is 264 g/mol. The maximum atomic E-state index is 10.9. The molecule has 19 heavy (non-hydrogen) atoms. The van der Waals surface area contributed by atoms with Crippen LogP contribution in [0.4, 0.5) is 11.5 Å². The van der Waals surface area contributed by atoms with Crippen molar-refractivity contribution in [1.29, 1.82) is 0 Å². The molecule has 1 aromatic carbocycles. The number of nitrogen functional groups attached to an aromatic ring is 1. The molecule has 0 bridgehead atoms. The Labute approximate surface area is 114 Å². The van der Waals surface area contributed by atoms with Crippen molar-refractivity contribution in [1.82, 2.24) is 4.98 Å². The van der Waals surface area contributed by atoms with Crippen LogP contribution in [-0.2, 0) is 5.75 Å². The van der Waals surface area contributed by atoms with Gasteiger partial charge in [0.25, 0.3) is 5.69 Å². The van der Waals surface area contributed by atoms with E-state index >= 15 is 0 Å². The number of nitrogens with two attached hydrogens (primary N) is 1. The van der Waals surface area contributed by atoms with Gasteiger partial charge in [-0.2, -0.15) is 0 Å². The lowest BCUT2D eigenvalue weighted by Gasteiger charge is -2.07. The first-order chi connectivity index (χ1) is 9.22. The van der Waals surface area contributed by atoms with Crippen molar-refractivity contribution < 1.29 is 4.92 Å². The van der Waals surface area contributed by atoms with Crippen LogP contribution >= 0.6 is 11.8 Å². The number of anilines is 1. The number of aromatic nitrogens is 1. The summed E-state index contributed by atoms with van der Waals surface area (Å²) in [6.07, 6.45) is 1.63. The van der Waals surface area contributed by atoms with Crippen molar-refractivity contribution in [2.45, 2.75) is 10.6 Å². The van der Waals surface area contributed by atoms with Gasteiger partial charge in [-0.1, -0.05) is 18.2 Å². The lowest BCUT2D eigenvalue weighted by Crippen LogP contribution is -2.10. The zero-order valence-corrected chi connectivity index (χ0v) is 10.8. The number of benzene rings is 1. The average Bonchev–Trinajstić information content (AvgIpc) is 2.45. The Kier molecular flexibility index (Phi) is 4.32. The van der Waals surface area contributed by atoms with E-state index in [0.29, 0.717) is 16.5 Å². The molecule has 0 saturated carbocycles. The van der Waals surface area contributed by atoms with Gasteiger partial charge in [0.15, 0.2) is 0 Å². The van der Waals surface area contributed by atoms with Crippen LogP contribution in [-0.4, -0.2) is 9.91 Å². The molecule has 0 aliphatic heterocycles. The van der Waals surface area contributed by atoms with Crippen LogP contribution in [0, 0.1) is 10.1 Å². The number of hydrazine groups is 1. The summed E-state index contributed by atoms with van der Waals surface area (Å²) in [7, 11) is 0. The zero-order valence-electron chi connectivity index (χ0n) is 9.95. The van der Waals surface area contributed by atoms with E-state index in [4.69, 9.17) is 5.84 Å². The summed E-state index contributed by atoms with van der Waals surface area (Å²) < 4.78 is 0. The number of nitro benzene ring substituents is 1. The van der Waals surface area contributed by atoms with Gasteiger partial charge in [0.1, 0.15) is 5.82 Å². The first-order valence-corrected chi connectivity index (χ1v) is 6.47. The van der Waals surface area contributed by atoms with Crippen LogP contribution in [0.15, 0.2) is 47.5 Å². The number of hydrogen-bond donors (Lipinski definition) is 2. The number of para-hydroxylation sites is 1. The molecule has 98 valence electrons. The van der Waals surface area contributed by atoms with Crippen molar-refractivity contribution >= 4 is 23.3 Å². The van der Waals surface area contributed by atoms with Gasteiger partial charge in [-0.05, 0) is 12.1 Å². The molecule has 1 aromatic heterocycles. The van der Waals surface area contributed by atoms with Crippen molar-refractivity contribution in [3.05, 3.63) is 58.3 Å². The van der Waals surface area contributed by atoms with E-state index in [0.717, 1.165) is 5.56 Å². The molecule has 2 aromatic rings. The molecule has 0 aliphatic carbocycles. The molecule has 1 heterocycles. The van der Waals surface area contributed by atoms with E-state index in [-0.39, 0.29) is 10.6 Å². The summed E-state index contributed by atoms with van der Waals surface area (Å²) >= 11 is 1.38. The summed E-state index contributed by atoms with van der Waals surface area (Å²) in [6, 6.07) is 10.3. The molecule has 6 nitrogen and oxygen atoms in total. The van der Waals surface area contributed by atoms with Gasteiger partial charge in [-0.25, -0.2) is 10.8 Å². The topological polar surface area (TPSA) is 94.1 Å². The first-order valence-electron chi connectivity index (χ1n) is 5.49. The van der Waals surface area contributed by atoms with E-state index in [1.807, 2.05) is 6.07 Å². The van der Waals surface area contributed by atoms with Crippen LogP contribution in [0.2, 0.25) is 0 Å². The molecule has 0 fully saturated rings. The molecule has 0 saturated heterocycles. The van der Waals surface area contributed by atoms with Crippen molar-refractivity contribution in [3.8, 4) is 0 Å². The number of thioether (sulfide) groups is 1. The second-order valence-electron chi connectivity index (χ2n) is 3.67. The fraction of sp³-hybridized carbons (Fsp3) is 0.0833. The number of nitrogens with one attached hydrogen (secondary N) is 1.